The first-order valence-electron chi connectivity index (χ1n) is 8.19. The molecule has 1 aliphatic rings. The number of piperidine rings is 1. The Kier molecular flexibility index (Phi) is 5.41. The molecule has 1 aromatic rings. The predicted molar refractivity (Wildman–Crippen MR) is 84.1 cm³/mol. The van der Waals surface area contributed by atoms with Gasteiger partial charge in [0.1, 0.15) is 5.69 Å². The van der Waals surface area contributed by atoms with Gasteiger partial charge in [-0.3, -0.25) is 14.7 Å². The third-order valence-electron chi connectivity index (χ3n) is 4.64. The van der Waals surface area contributed by atoms with Gasteiger partial charge >= 0.3 is 5.97 Å². The number of hydrogen-bond donors (Lipinski definition) is 3. The van der Waals surface area contributed by atoms with Crippen LogP contribution in [0, 0.1) is 5.41 Å². The summed E-state index contributed by atoms with van der Waals surface area (Å²) in [6.07, 6.45) is 2.06. The molecule has 23 heavy (non-hydrogen) atoms. The van der Waals surface area contributed by atoms with Gasteiger partial charge in [0, 0.05) is 18.8 Å². The zero-order valence-electron chi connectivity index (χ0n) is 13.7. The van der Waals surface area contributed by atoms with E-state index in [4.69, 9.17) is 0 Å². The molecular formula is C16H25N3O4. The fourth-order valence-electron chi connectivity index (χ4n) is 3.29. The molecule has 128 valence electrons. The Morgan fingerprint density at radius 2 is 2.17 bits per heavy atom. The molecule has 0 aromatic carbocycles. The van der Waals surface area contributed by atoms with Gasteiger partial charge in [-0.25, -0.2) is 0 Å². The minimum atomic E-state index is -1.15. The van der Waals surface area contributed by atoms with E-state index in [1.807, 2.05) is 13.8 Å². The van der Waals surface area contributed by atoms with Crippen molar-refractivity contribution in [2.75, 3.05) is 13.1 Å². The Labute approximate surface area is 135 Å². The molecule has 1 amide bonds. The second kappa shape index (κ2) is 7.12. The van der Waals surface area contributed by atoms with Crippen LogP contribution < -0.4 is 0 Å². The first-order chi connectivity index (χ1) is 10.9. The number of β-amino-alcohol motifs (C(OH)–C–C–N with tert-alkyl or cyclic N) is 1. The number of aryl methyl sites for hydroxylation is 1. The van der Waals surface area contributed by atoms with Crippen LogP contribution in [0.3, 0.4) is 0 Å². The Morgan fingerprint density at radius 3 is 2.74 bits per heavy atom. The molecule has 2 rings (SSSR count). The van der Waals surface area contributed by atoms with Crippen molar-refractivity contribution in [1.29, 1.82) is 0 Å². The van der Waals surface area contributed by atoms with E-state index in [1.54, 1.807) is 6.07 Å². The number of carbonyl (C=O) groups excluding carboxylic acids is 1. The maximum absolute atomic E-state index is 12.5. The number of H-pyrrole nitrogens is 1. The van der Waals surface area contributed by atoms with Crippen molar-refractivity contribution in [2.24, 2.45) is 5.41 Å². The molecule has 0 aliphatic carbocycles. The molecule has 0 spiro atoms. The third-order valence-corrected chi connectivity index (χ3v) is 4.64. The van der Waals surface area contributed by atoms with Crippen LogP contribution in [0.25, 0.3) is 0 Å². The molecular weight excluding hydrogens is 298 g/mol. The topological polar surface area (TPSA) is 107 Å². The quantitative estimate of drug-likeness (QED) is 0.734. The number of nitrogens with zero attached hydrogens (tertiary/aromatic N) is 2. The summed E-state index contributed by atoms with van der Waals surface area (Å²) in [5.41, 5.74) is 0.0723. The maximum atomic E-state index is 12.5. The van der Waals surface area contributed by atoms with E-state index in [-0.39, 0.29) is 18.9 Å². The van der Waals surface area contributed by atoms with E-state index < -0.39 is 17.5 Å². The lowest BCUT2D eigenvalue weighted by Gasteiger charge is -2.42. The molecule has 2 atom stereocenters. The number of aromatic nitrogens is 2. The molecule has 1 aliphatic heterocycles. The summed E-state index contributed by atoms with van der Waals surface area (Å²) in [4.78, 5) is 25.6. The zero-order chi connectivity index (χ0) is 17.0. The largest absolute Gasteiger partial charge is 0.481 e. The van der Waals surface area contributed by atoms with Crippen molar-refractivity contribution in [3.63, 3.8) is 0 Å². The second-order valence-corrected chi connectivity index (χ2v) is 6.26. The minimum Gasteiger partial charge on any atom is -0.481 e. The average Bonchev–Trinajstić information content (AvgIpc) is 2.97. The number of hydrogen-bond acceptors (Lipinski definition) is 4. The number of likely N-dealkylation sites (tertiary alicyclic amines) is 1. The van der Waals surface area contributed by atoms with Gasteiger partial charge in [-0.15, -0.1) is 0 Å². The molecule has 1 fully saturated rings. The van der Waals surface area contributed by atoms with Crippen molar-refractivity contribution >= 4 is 11.9 Å². The number of nitrogens with one attached hydrogen (secondary N) is 1. The molecule has 7 heteroatoms. The highest BCUT2D eigenvalue weighted by atomic mass is 16.4. The predicted octanol–water partition coefficient (Wildman–Crippen LogP) is 1.44. The standard InChI is InChI=1S/C16H25N3O4/c1-3-5-11-9-12(18-17-11)14(21)19-8-7-16(6-4-2,15(22)23)13(20)10-19/h9,13,20H,3-8,10H2,1-2H3,(H,17,18)(H,22,23)/t13-,16+/m1/s1. The molecule has 7 nitrogen and oxygen atoms in total. The second-order valence-electron chi connectivity index (χ2n) is 6.26. The maximum Gasteiger partial charge on any atom is 0.312 e. The van der Waals surface area contributed by atoms with Crippen molar-refractivity contribution < 1.29 is 19.8 Å². The lowest BCUT2D eigenvalue weighted by atomic mass is 9.73. The van der Waals surface area contributed by atoms with E-state index in [1.165, 1.54) is 4.90 Å². The van der Waals surface area contributed by atoms with Gasteiger partial charge < -0.3 is 15.1 Å². The Balaban J connectivity index is 2.09. The summed E-state index contributed by atoms with van der Waals surface area (Å²) in [6.45, 7) is 4.29. The normalized spacial score (nSPS) is 24.7. The lowest BCUT2D eigenvalue weighted by Crippen LogP contribution is -2.56. The van der Waals surface area contributed by atoms with Crippen LogP contribution in [0.2, 0.25) is 0 Å². The monoisotopic (exact) mass is 323 g/mol. The van der Waals surface area contributed by atoms with Crippen molar-refractivity contribution in [3.8, 4) is 0 Å². The van der Waals surface area contributed by atoms with E-state index >= 15 is 0 Å². The lowest BCUT2D eigenvalue weighted by molar-refractivity contribution is -0.162. The Bertz CT molecular complexity index is 571. The number of carboxylic acid groups (broad SMARTS) is 1. The van der Waals surface area contributed by atoms with Crippen LogP contribution in [0.15, 0.2) is 6.07 Å². The fraction of sp³-hybridized carbons (Fsp3) is 0.688. The van der Waals surface area contributed by atoms with Crippen LogP contribution >= 0.6 is 0 Å². The number of carbonyl (C=O) groups is 2. The molecule has 0 saturated carbocycles. The Morgan fingerprint density at radius 1 is 1.43 bits per heavy atom. The molecule has 1 saturated heterocycles. The van der Waals surface area contributed by atoms with Crippen molar-refractivity contribution in [3.05, 3.63) is 17.5 Å². The van der Waals surface area contributed by atoms with Gasteiger partial charge in [0.25, 0.3) is 5.91 Å². The van der Waals surface area contributed by atoms with Gasteiger partial charge in [0.15, 0.2) is 0 Å². The highest BCUT2D eigenvalue weighted by Crippen LogP contribution is 2.37. The van der Waals surface area contributed by atoms with E-state index in [0.29, 0.717) is 25.1 Å². The van der Waals surface area contributed by atoms with Crippen LogP contribution in [0.4, 0.5) is 0 Å². The van der Waals surface area contributed by atoms with Gasteiger partial charge in [-0.2, -0.15) is 5.10 Å². The first-order valence-corrected chi connectivity index (χ1v) is 8.19. The van der Waals surface area contributed by atoms with Gasteiger partial charge in [-0.05, 0) is 25.3 Å². The molecule has 2 heterocycles. The van der Waals surface area contributed by atoms with Gasteiger partial charge in [0.2, 0.25) is 0 Å². The number of rotatable bonds is 6. The zero-order valence-corrected chi connectivity index (χ0v) is 13.7. The number of amides is 1. The van der Waals surface area contributed by atoms with Crippen LogP contribution in [0.5, 0.6) is 0 Å². The first kappa shape index (κ1) is 17.5. The van der Waals surface area contributed by atoms with E-state index in [2.05, 4.69) is 10.2 Å². The van der Waals surface area contributed by atoms with E-state index in [0.717, 1.165) is 18.5 Å². The number of aromatic amines is 1. The summed E-state index contributed by atoms with van der Waals surface area (Å²) >= 11 is 0. The SMILES string of the molecule is CCCc1cc(C(=O)N2CC[C@](CCC)(C(=O)O)[C@H](O)C2)n[nH]1. The highest BCUT2D eigenvalue weighted by Gasteiger charge is 2.48. The summed E-state index contributed by atoms with van der Waals surface area (Å²) in [6, 6.07) is 1.73. The summed E-state index contributed by atoms with van der Waals surface area (Å²) < 4.78 is 0. The van der Waals surface area contributed by atoms with Crippen LogP contribution in [0.1, 0.15) is 55.7 Å². The fourth-order valence-corrected chi connectivity index (χ4v) is 3.29. The number of aliphatic carboxylic acids is 1. The summed E-state index contributed by atoms with van der Waals surface area (Å²) in [5, 5.41) is 26.8. The van der Waals surface area contributed by atoms with Crippen LogP contribution in [-0.2, 0) is 11.2 Å². The van der Waals surface area contributed by atoms with Gasteiger partial charge in [-0.1, -0.05) is 26.7 Å². The molecule has 0 radical (unpaired) electrons. The minimum absolute atomic E-state index is 0.0289. The highest BCUT2D eigenvalue weighted by molar-refractivity contribution is 5.92. The molecule has 0 bridgehead atoms. The average molecular weight is 323 g/mol. The number of aliphatic hydroxyl groups excluding tert-OH is 1. The summed E-state index contributed by atoms with van der Waals surface area (Å²) in [7, 11) is 0. The van der Waals surface area contributed by atoms with Gasteiger partial charge in [0.05, 0.1) is 11.5 Å². The molecule has 3 N–H and O–H groups in total. The summed E-state index contributed by atoms with van der Waals surface area (Å²) in [5.74, 6) is -1.25. The number of aliphatic hydroxyl groups is 1. The van der Waals surface area contributed by atoms with Crippen LogP contribution in [-0.4, -0.2) is 56.4 Å². The molecule has 0 unspecified atom stereocenters. The van der Waals surface area contributed by atoms with Crippen molar-refractivity contribution in [2.45, 2.75) is 52.1 Å². The third kappa shape index (κ3) is 3.39. The number of carboxylic acids is 1. The smallest absolute Gasteiger partial charge is 0.312 e. The molecule has 1 aromatic heterocycles. The van der Waals surface area contributed by atoms with Crippen molar-refractivity contribution in [1.82, 2.24) is 15.1 Å². The Hall–Kier alpha value is -1.89. The van der Waals surface area contributed by atoms with E-state index in [9.17, 15) is 19.8 Å².